The van der Waals surface area contributed by atoms with E-state index in [-0.39, 0.29) is 23.1 Å². The van der Waals surface area contributed by atoms with Crippen LogP contribution in [0.4, 0.5) is 40.7 Å². The Bertz CT molecular complexity index is 1580. The molecule has 1 aliphatic rings. The quantitative estimate of drug-likeness (QED) is 0.175. The molecule has 2 aromatic carbocycles. The zero-order valence-electron chi connectivity index (χ0n) is 22.1. The van der Waals surface area contributed by atoms with Gasteiger partial charge in [-0.3, -0.25) is 15.6 Å². The van der Waals surface area contributed by atoms with E-state index in [2.05, 4.69) is 31.1 Å². The number of hydrogen-bond donors (Lipinski definition) is 3. The van der Waals surface area contributed by atoms with Crippen LogP contribution in [0.5, 0.6) is 0 Å². The third-order valence-electron chi connectivity index (χ3n) is 6.24. The van der Waals surface area contributed by atoms with Gasteiger partial charge in [-0.05, 0) is 66.1 Å². The van der Waals surface area contributed by atoms with Gasteiger partial charge in [0, 0.05) is 23.8 Å². The van der Waals surface area contributed by atoms with Crippen molar-refractivity contribution < 1.29 is 27.1 Å². The molecule has 5 rings (SSSR count). The molecule has 3 heterocycles. The van der Waals surface area contributed by atoms with Gasteiger partial charge in [0.05, 0.1) is 36.9 Å². The van der Waals surface area contributed by atoms with E-state index < -0.39 is 23.5 Å². The highest BCUT2D eigenvalue weighted by molar-refractivity contribution is 6.31. The molecule has 0 atom stereocenters. The number of hydrogen-bond acceptors (Lipinski definition) is 8. The molecule has 0 spiro atoms. The number of benzene rings is 2. The van der Waals surface area contributed by atoms with E-state index in [4.69, 9.17) is 16.3 Å². The van der Waals surface area contributed by atoms with E-state index in [9.17, 15) is 22.4 Å². The molecule has 0 radical (unpaired) electrons. The molecule has 1 saturated heterocycles. The van der Waals surface area contributed by atoms with Gasteiger partial charge in [0.15, 0.2) is 11.6 Å². The van der Waals surface area contributed by atoms with Crippen molar-refractivity contribution >= 4 is 40.6 Å². The minimum absolute atomic E-state index is 0.00250. The first-order valence-corrected chi connectivity index (χ1v) is 13.1. The molecular formula is C28H24ClF4N7O2. The summed E-state index contributed by atoms with van der Waals surface area (Å²) in [5, 5.41) is 3.32. The lowest BCUT2D eigenvalue weighted by Crippen LogP contribution is -2.38. The molecule has 4 aromatic rings. The van der Waals surface area contributed by atoms with Crippen molar-refractivity contribution in [1.29, 1.82) is 0 Å². The highest BCUT2D eigenvalue weighted by atomic mass is 35.5. The Morgan fingerprint density at radius 1 is 0.976 bits per heavy atom. The summed E-state index contributed by atoms with van der Waals surface area (Å²) in [5.74, 6) is -1.18. The fourth-order valence-corrected chi connectivity index (χ4v) is 4.58. The number of halogens is 5. The Kier molecular flexibility index (Phi) is 8.41. The number of aromatic nitrogens is 3. The lowest BCUT2D eigenvalue weighted by Gasteiger charge is -2.28. The van der Waals surface area contributed by atoms with Gasteiger partial charge in [-0.2, -0.15) is 18.2 Å². The predicted molar refractivity (Wildman–Crippen MR) is 150 cm³/mol. The van der Waals surface area contributed by atoms with Gasteiger partial charge < -0.3 is 15.0 Å². The van der Waals surface area contributed by atoms with Crippen LogP contribution in [-0.4, -0.2) is 47.2 Å². The topological polar surface area (TPSA) is 104 Å². The second-order valence-corrected chi connectivity index (χ2v) is 9.85. The number of carbonyl (C=O) groups excluding carboxylic acids is 1. The summed E-state index contributed by atoms with van der Waals surface area (Å²) in [6.45, 7) is 3.61. The summed E-state index contributed by atoms with van der Waals surface area (Å²) in [4.78, 5) is 26.4. The van der Waals surface area contributed by atoms with Crippen molar-refractivity contribution in [2.24, 2.45) is 0 Å². The first kappa shape index (κ1) is 29.0. The number of pyridine rings is 1. The second kappa shape index (κ2) is 12.2. The number of nitrogens with zero attached hydrogens (tertiary/aromatic N) is 4. The minimum atomic E-state index is -4.58. The van der Waals surface area contributed by atoms with Gasteiger partial charge >= 0.3 is 6.18 Å². The molecule has 218 valence electrons. The molecule has 42 heavy (non-hydrogen) atoms. The Balaban J connectivity index is 1.28. The largest absolute Gasteiger partial charge is 0.416 e. The van der Waals surface area contributed by atoms with Crippen LogP contribution in [0.1, 0.15) is 21.6 Å². The molecule has 0 aliphatic carbocycles. The van der Waals surface area contributed by atoms with Crippen molar-refractivity contribution in [3.8, 4) is 11.1 Å². The number of amides is 1. The third-order valence-corrected chi connectivity index (χ3v) is 6.46. The fourth-order valence-electron chi connectivity index (χ4n) is 4.29. The number of carbonyl (C=O) groups is 1. The molecule has 1 fully saturated rings. The monoisotopic (exact) mass is 601 g/mol. The van der Waals surface area contributed by atoms with E-state index in [0.717, 1.165) is 23.9 Å². The highest BCUT2D eigenvalue weighted by Gasteiger charge is 2.31. The zero-order valence-corrected chi connectivity index (χ0v) is 22.9. The summed E-state index contributed by atoms with van der Waals surface area (Å²) in [6, 6.07) is 11.6. The molecule has 1 aliphatic heterocycles. The van der Waals surface area contributed by atoms with Crippen LogP contribution in [-0.2, 0) is 10.9 Å². The minimum Gasteiger partial charge on any atom is -0.378 e. The number of hydrazine groups is 1. The van der Waals surface area contributed by atoms with Gasteiger partial charge in [0.2, 0.25) is 5.95 Å². The maximum Gasteiger partial charge on any atom is 0.416 e. The third kappa shape index (κ3) is 7.04. The van der Waals surface area contributed by atoms with Gasteiger partial charge in [0.1, 0.15) is 5.69 Å². The van der Waals surface area contributed by atoms with Crippen LogP contribution in [0.3, 0.4) is 0 Å². The van der Waals surface area contributed by atoms with Crippen molar-refractivity contribution in [1.82, 2.24) is 20.4 Å². The Morgan fingerprint density at radius 2 is 1.74 bits per heavy atom. The molecular weight excluding hydrogens is 578 g/mol. The average Bonchev–Trinajstić information content (AvgIpc) is 2.96. The number of alkyl halides is 3. The van der Waals surface area contributed by atoms with Gasteiger partial charge in [-0.15, -0.1) is 0 Å². The number of aryl methyl sites for hydroxylation is 1. The predicted octanol–water partition coefficient (Wildman–Crippen LogP) is 6.00. The summed E-state index contributed by atoms with van der Waals surface area (Å²) in [7, 11) is 0. The average molecular weight is 602 g/mol. The van der Waals surface area contributed by atoms with E-state index in [0.29, 0.717) is 48.1 Å². The van der Waals surface area contributed by atoms with Gasteiger partial charge in [-0.1, -0.05) is 17.7 Å². The van der Waals surface area contributed by atoms with E-state index in [1.54, 1.807) is 36.1 Å². The molecule has 1 amide bonds. The van der Waals surface area contributed by atoms with Crippen LogP contribution in [0.15, 0.2) is 60.9 Å². The SMILES string of the molecule is Cc1cc(Cl)cc(-c2cc(Nc3ccc(C(=O)NNc4ncc(F)c(N5CCOCC5)n4)nc3)cc(C(F)(F)F)c2)c1. The highest BCUT2D eigenvalue weighted by Crippen LogP contribution is 2.36. The lowest BCUT2D eigenvalue weighted by molar-refractivity contribution is -0.137. The van der Waals surface area contributed by atoms with Gasteiger partial charge in [0.25, 0.3) is 5.91 Å². The summed E-state index contributed by atoms with van der Waals surface area (Å²) in [5.41, 5.74) is 6.28. The Labute approximate surface area is 242 Å². The Morgan fingerprint density at radius 3 is 2.43 bits per heavy atom. The van der Waals surface area contributed by atoms with Crippen molar-refractivity contribution in [3.63, 3.8) is 0 Å². The van der Waals surface area contributed by atoms with Crippen LogP contribution in [0.2, 0.25) is 5.02 Å². The Hall–Kier alpha value is -4.49. The number of anilines is 4. The molecule has 0 bridgehead atoms. The normalized spacial score (nSPS) is 13.5. The first-order chi connectivity index (χ1) is 20.0. The van der Waals surface area contributed by atoms with Crippen LogP contribution in [0, 0.1) is 12.7 Å². The zero-order chi connectivity index (χ0) is 29.9. The molecule has 0 saturated carbocycles. The standard InChI is InChI=1S/C28H24ClF4N7O2/c1-16-8-17(11-20(29)9-16)18-10-19(28(31,32)33)13-22(12-18)36-21-2-3-24(34-14-21)26(41)38-39-27-35-15-23(30)25(37-27)40-4-6-42-7-5-40/h2-3,8-15,36H,4-7H2,1H3,(H,38,41)(H,35,37,39). The first-order valence-electron chi connectivity index (χ1n) is 12.7. The second-order valence-electron chi connectivity index (χ2n) is 9.41. The van der Waals surface area contributed by atoms with E-state index in [1.165, 1.54) is 18.3 Å². The number of morpholine rings is 1. The fraction of sp³-hybridized carbons (Fsp3) is 0.214. The maximum absolute atomic E-state index is 14.2. The summed E-state index contributed by atoms with van der Waals surface area (Å²) in [6.07, 6.45) is -2.27. The number of rotatable bonds is 7. The van der Waals surface area contributed by atoms with Crippen molar-refractivity contribution in [2.45, 2.75) is 13.1 Å². The molecule has 9 nitrogen and oxygen atoms in total. The molecule has 14 heteroatoms. The van der Waals surface area contributed by atoms with Crippen molar-refractivity contribution in [3.05, 3.63) is 88.6 Å². The van der Waals surface area contributed by atoms with E-state index >= 15 is 0 Å². The molecule has 2 aromatic heterocycles. The van der Waals surface area contributed by atoms with Gasteiger partial charge in [-0.25, -0.2) is 14.4 Å². The van der Waals surface area contributed by atoms with Crippen molar-refractivity contribution in [2.75, 3.05) is 41.9 Å². The smallest absolute Gasteiger partial charge is 0.378 e. The van der Waals surface area contributed by atoms with Crippen LogP contribution < -0.4 is 21.1 Å². The summed E-state index contributed by atoms with van der Waals surface area (Å²) >= 11 is 6.13. The molecule has 0 unspecified atom stereocenters. The number of nitrogens with one attached hydrogen (secondary N) is 3. The lowest BCUT2D eigenvalue weighted by atomic mass is 10.00. The maximum atomic E-state index is 14.2. The van der Waals surface area contributed by atoms with Crippen LogP contribution >= 0.6 is 11.6 Å². The summed E-state index contributed by atoms with van der Waals surface area (Å²) < 4.78 is 60.6. The number of ether oxygens (including phenoxy) is 1. The van der Waals surface area contributed by atoms with Crippen LogP contribution in [0.25, 0.3) is 11.1 Å². The van der Waals surface area contributed by atoms with E-state index in [1.807, 2.05) is 0 Å². The molecule has 3 N–H and O–H groups in total.